The average molecular weight is 372 g/mol. The van der Waals surface area contributed by atoms with Gasteiger partial charge in [-0.1, -0.05) is 17.7 Å². The summed E-state index contributed by atoms with van der Waals surface area (Å²) in [5, 5.41) is 31.7. The Bertz CT molecular complexity index is 898. The zero-order valence-electron chi connectivity index (χ0n) is 13.6. The van der Waals surface area contributed by atoms with Gasteiger partial charge < -0.3 is 20.3 Å². The summed E-state index contributed by atoms with van der Waals surface area (Å²) in [5.74, 6) is -0.751. The highest BCUT2D eigenvalue weighted by molar-refractivity contribution is 6.33. The molecule has 0 spiro atoms. The number of hydrogen-bond acceptors (Lipinski definition) is 5. The van der Waals surface area contributed by atoms with Crippen LogP contribution in [0, 0.1) is 17.9 Å². The third-order valence-electron chi connectivity index (χ3n) is 3.50. The fourth-order valence-electron chi connectivity index (χ4n) is 1.90. The molecule has 0 aromatic heterocycles. The van der Waals surface area contributed by atoms with Crippen LogP contribution in [0.25, 0.3) is 4.85 Å². The van der Waals surface area contributed by atoms with E-state index in [-0.39, 0.29) is 22.1 Å². The van der Waals surface area contributed by atoms with Gasteiger partial charge in [0.1, 0.15) is 5.75 Å². The number of amides is 1. The molecule has 1 unspecified atom stereocenters. The molecular weight excluding hydrogens is 358 g/mol. The lowest BCUT2D eigenvalue weighted by atomic mass is 10.1. The summed E-state index contributed by atoms with van der Waals surface area (Å²) in [6.45, 7) is 8.02. The van der Waals surface area contributed by atoms with Gasteiger partial charge in [0.05, 0.1) is 18.2 Å². The van der Waals surface area contributed by atoms with Gasteiger partial charge in [-0.3, -0.25) is 4.79 Å². The van der Waals surface area contributed by atoms with E-state index in [0.717, 1.165) is 6.92 Å². The number of carbonyl (C=O) groups excluding carboxylic acids is 1. The van der Waals surface area contributed by atoms with Gasteiger partial charge in [0, 0.05) is 10.7 Å². The first-order valence-electron chi connectivity index (χ1n) is 7.33. The second-order valence-electron chi connectivity index (χ2n) is 5.49. The van der Waals surface area contributed by atoms with E-state index >= 15 is 0 Å². The first-order chi connectivity index (χ1) is 12.3. The van der Waals surface area contributed by atoms with Crippen molar-refractivity contribution < 1.29 is 19.7 Å². The van der Waals surface area contributed by atoms with Crippen LogP contribution in [-0.2, 0) is 4.79 Å². The van der Waals surface area contributed by atoms with Gasteiger partial charge >= 0.3 is 0 Å². The van der Waals surface area contributed by atoms with Crippen LogP contribution in [0.1, 0.15) is 12.5 Å². The number of halogens is 1. The molecule has 0 aliphatic heterocycles. The predicted molar refractivity (Wildman–Crippen MR) is 94.8 cm³/mol. The SMILES string of the molecule is [C-]#[N+]c1ccc(NC(=O)[C@@](C)(O)C(O)Oc2ccc(C#N)cc2)cc1Cl. The highest BCUT2D eigenvalue weighted by Crippen LogP contribution is 2.28. The normalized spacial score (nSPS) is 13.6. The van der Waals surface area contributed by atoms with Crippen molar-refractivity contribution in [3.63, 3.8) is 0 Å². The van der Waals surface area contributed by atoms with Crippen molar-refractivity contribution in [2.24, 2.45) is 0 Å². The maximum atomic E-state index is 12.3. The van der Waals surface area contributed by atoms with Gasteiger partial charge in [0.15, 0.2) is 0 Å². The number of nitrogens with zero attached hydrogens (tertiary/aromatic N) is 2. The van der Waals surface area contributed by atoms with E-state index in [1.54, 1.807) is 0 Å². The molecule has 0 aliphatic rings. The molecule has 3 N–H and O–H groups in total. The minimum atomic E-state index is -2.28. The Morgan fingerprint density at radius 2 is 2.04 bits per heavy atom. The number of ether oxygens (including phenoxy) is 1. The van der Waals surface area contributed by atoms with Gasteiger partial charge in [-0.25, -0.2) is 4.85 Å². The number of anilines is 1. The number of nitrogens with one attached hydrogen (secondary N) is 1. The summed E-state index contributed by atoms with van der Waals surface area (Å²) in [6, 6.07) is 12.0. The number of hydrogen-bond donors (Lipinski definition) is 3. The molecule has 0 bridgehead atoms. The molecule has 2 aromatic rings. The predicted octanol–water partition coefficient (Wildman–Crippen LogP) is 2.85. The molecule has 0 radical (unpaired) electrons. The fourth-order valence-corrected chi connectivity index (χ4v) is 2.12. The van der Waals surface area contributed by atoms with Crippen molar-refractivity contribution in [2.75, 3.05) is 5.32 Å². The fraction of sp³-hybridized carbons (Fsp3) is 0.167. The Kier molecular flexibility index (Phi) is 5.81. The zero-order chi connectivity index (χ0) is 19.3. The van der Waals surface area contributed by atoms with Crippen LogP contribution in [-0.4, -0.2) is 28.0 Å². The maximum absolute atomic E-state index is 12.3. The topological polar surface area (TPSA) is 107 Å². The first kappa shape index (κ1) is 19.2. The molecule has 0 heterocycles. The number of rotatable bonds is 5. The largest absolute Gasteiger partial charge is 0.461 e. The highest BCUT2D eigenvalue weighted by Gasteiger charge is 2.40. The van der Waals surface area contributed by atoms with E-state index in [1.165, 1.54) is 42.5 Å². The van der Waals surface area contributed by atoms with Gasteiger partial charge in [0.25, 0.3) is 5.91 Å². The Labute approximate surface area is 154 Å². The van der Waals surface area contributed by atoms with Crippen LogP contribution >= 0.6 is 11.6 Å². The van der Waals surface area contributed by atoms with Crippen molar-refractivity contribution in [1.29, 1.82) is 5.26 Å². The monoisotopic (exact) mass is 371 g/mol. The molecule has 0 fully saturated rings. The molecule has 132 valence electrons. The van der Waals surface area contributed by atoms with Gasteiger partial charge in [-0.05, 0) is 43.3 Å². The summed E-state index contributed by atoms with van der Waals surface area (Å²) < 4.78 is 5.17. The lowest BCUT2D eigenvalue weighted by Gasteiger charge is -2.28. The van der Waals surface area contributed by atoms with Crippen LogP contribution in [0.2, 0.25) is 5.02 Å². The number of aliphatic hydroxyl groups excluding tert-OH is 1. The van der Waals surface area contributed by atoms with Crippen molar-refractivity contribution in [2.45, 2.75) is 18.8 Å². The molecule has 0 saturated carbocycles. The Morgan fingerprint density at radius 1 is 1.38 bits per heavy atom. The molecule has 2 aromatic carbocycles. The molecular formula is C18H14ClN3O4. The van der Waals surface area contributed by atoms with Crippen LogP contribution in [0.15, 0.2) is 42.5 Å². The lowest BCUT2D eigenvalue weighted by molar-refractivity contribution is -0.174. The summed E-state index contributed by atoms with van der Waals surface area (Å²) in [7, 11) is 0. The van der Waals surface area contributed by atoms with Crippen molar-refractivity contribution in [3.05, 3.63) is 64.5 Å². The third kappa shape index (κ3) is 4.29. The van der Waals surface area contributed by atoms with Gasteiger partial charge in [-0.15, -0.1) is 0 Å². The van der Waals surface area contributed by atoms with Crippen molar-refractivity contribution >= 4 is 28.9 Å². The van der Waals surface area contributed by atoms with Crippen LogP contribution < -0.4 is 10.1 Å². The van der Waals surface area contributed by atoms with Crippen LogP contribution in [0.4, 0.5) is 11.4 Å². The average Bonchev–Trinajstić information content (AvgIpc) is 2.62. The Hall–Kier alpha value is -3.10. The Morgan fingerprint density at radius 3 is 2.58 bits per heavy atom. The van der Waals surface area contributed by atoms with Gasteiger partial charge in [0.2, 0.25) is 17.6 Å². The molecule has 26 heavy (non-hydrogen) atoms. The van der Waals surface area contributed by atoms with Crippen molar-refractivity contribution in [3.8, 4) is 11.8 Å². The quantitative estimate of drug-likeness (QED) is 0.553. The minimum Gasteiger partial charge on any atom is -0.461 e. The van der Waals surface area contributed by atoms with E-state index in [1.807, 2.05) is 6.07 Å². The number of nitriles is 1. The van der Waals surface area contributed by atoms with E-state index < -0.39 is 17.8 Å². The summed E-state index contributed by atoms with van der Waals surface area (Å²) >= 11 is 5.90. The van der Waals surface area contributed by atoms with Crippen LogP contribution in [0.3, 0.4) is 0 Å². The third-order valence-corrected chi connectivity index (χ3v) is 3.80. The Balaban J connectivity index is 2.09. The van der Waals surface area contributed by atoms with Crippen LogP contribution in [0.5, 0.6) is 5.75 Å². The molecule has 0 aliphatic carbocycles. The minimum absolute atomic E-state index is 0.145. The number of aliphatic hydroxyl groups is 2. The summed E-state index contributed by atoms with van der Waals surface area (Å²) in [5.41, 5.74) is -1.41. The standard InChI is InChI=1S/C18H14ClN3O4/c1-18(25,17(24)26-13-6-3-11(10-20)4-7-13)16(23)22-12-5-8-15(21-2)14(19)9-12/h3-9,17,24-25H,1H3,(H,22,23)/t17?,18-/m1/s1. The number of carbonyl (C=O) groups is 1. The lowest BCUT2D eigenvalue weighted by Crippen LogP contribution is -2.52. The van der Waals surface area contributed by atoms with Crippen molar-refractivity contribution in [1.82, 2.24) is 0 Å². The van der Waals surface area contributed by atoms with E-state index in [4.69, 9.17) is 28.2 Å². The van der Waals surface area contributed by atoms with E-state index in [9.17, 15) is 15.0 Å². The van der Waals surface area contributed by atoms with E-state index in [0.29, 0.717) is 5.56 Å². The summed E-state index contributed by atoms with van der Waals surface area (Å²) in [4.78, 5) is 15.5. The molecule has 2 rings (SSSR count). The number of benzene rings is 2. The van der Waals surface area contributed by atoms with Gasteiger partial charge in [-0.2, -0.15) is 5.26 Å². The molecule has 8 heteroatoms. The highest BCUT2D eigenvalue weighted by atomic mass is 35.5. The molecule has 0 saturated heterocycles. The second kappa shape index (κ2) is 7.85. The zero-order valence-corrected chi connectivity index (χ0v) is 14.4. The molecule has 7 nitrogen and oxygen atoms in total. The summed E-state index contributed by atoms with van der Waals surface area (Å²) in [6.07, 6.45) is -1.87. The van der Waals surface area contributed by atoms with E-state index in [2.05, 4.69) is 10.2 Å². The maximum Gasteiger partial charge on any atom is 0.262 e. The smallest absolute Gasteiger partial charge is 0.262 e. The molecule has 2 atom stereocenters. The molecule has 1 amide bonds. The first-order valence-corrected chi connectivity index (χ1v) is 7.71. The second-order valence-corrected chi connectivity index (χ2v) is 5.89.